The number of benzene rings is 2. The van der Waals surface area contributed by atoms with Gasteiger partial charge in [0.05, 0.1) is 12.7 Å². The van der Waals surface area contributed by atoms with Gasteiger partial charge in [-0.05, 0) is 29.6 Å². The molecule has 228 valence electrons. The van der Waals surface area contributed by atoms with E-state index in [2.05, 4.69) is 20.1 Å². The quantitative estimate of drug-likeness (QED) is 0.0841. The summed E-state index contributed by atoms with van der Waals surface area (Å²) in [5.41, 5.74) is 6.44. The van der Waals surface area contributed by atoms with Crippen molar-refractivity contribution in [1.29, 1.82) is 0 Å². The molecule has 0 saturated carbocycles. The summed E-state index contributed by atoms with van der Waals surface area (Å²) in [6.45, 7) is 2.35. The van der Waals surface area contributed by atoms with E-state index in [1.165, 1.54) is 25.3 Å². The molecule has 1 saturated heterocycles. The van der Waals surface area contributed by atoms with Gasteiger partial charge in [0, 0.05) is 23.1 Å². The van der Waals surface area contributed by atoms with Gasteiger partial charge in [0.2, 0.25) is 0 Å². The molecule has 1 aromatic heterocycles. The molecule has 43 heavy (non-hydrogen) atoms. The van der Waals surface area contributed by atoms with E-state index >= 15 is 0 Å². The molecule has 1 aliphatic rings. The van der Waals surface area contributed by atoms with Crippen LogP contribution in [0, 0.1) is 5.92 Å². The van der Waals surface area contributed by atoms with E-state index in [4.69, 9.17) is 18.5 Å². The van der Waals surface area contributed by atoms with Crippen molar-refractivity contribution < 1.29 is 33.0 Å². The number of carbonyl (C=O) groups is 1. The van der Waals surface area contributed by atoms with Crippen molar-refractivity contribution in [1.82, 2.24) is 14.6 Å². The number of ether oxygens (including phenoxy) is 2. The Balaban J connectivity index is 1.58. The predicted octanol–water partition coefficient (Wildman–Crippen LogP) is 3.38. The van der Waals surface area contributed by atoms with Gasteiger partial charge in [0.25, 0.3) is 5.56 Å². The van der Waals surface area contributed by atoms with Gasteiger partial charge in [-0.15, -0.1) is 0 Å². The van der Waals surface area contributed by atoms with E-state index in [0.29, 0.717) is 0 Å². The van der Waals surface area contributed by atoms with Crippen molar-refractivity contribution in [3.8, 4) is 5.75 Å². The maximum absolute atomic E-state index is 14.1. The van der Waals surface area contributed by atoms with Crippen molar-refractivity contribution >= 4 is 13.7 Å². The normalized spacial score (nSPS) is 23.5. The highest BCUT2D eigenvalue weighted by Crippen LogP contribution is 2.49. The van der Waals surface area contributed by atoms with Crippen LogP contribution in [0.1, 0.15) is 32.1 Å². The molecule has 3 N–H and O–H groups in total. The van der Waals surface area contributed by atoms with Crippen molar-refractivity contribution in [2.24, 2.45) is 11.0 Å². The van der Waals surface area contributed by atoms with Gasteiger partial charge in [-0.2, -0.15) is 5.09 Å². The molecule has 2 aromatic carbocycles. The molecule has 3 aromatic rings. The zero-order chi connectivity index (χ0) is 31.0. The van der Waals surface area contributed by atoms with Crippen LogP contribution in [-0.4, -0.2) is 45.1 Å². The van der Waals surface area contributed by atoms with Gasteiger partial charge >= 0.3 is 19.4 Å². The fourth-order valence-corrected chi connectivity index (χ4v) is 6.02. The van der Waals surface area contributed by atoms with Crippen LogP contribution in [0.2, 0.25) is 0 Å². The van der Waals surface area contributed by atoms with Crippen LogP contribution in [0.5, 0.6) is 5.75 Å². The Hall–Kier alpha value is -4.23. The summed E-state index contributed by atoms with van der Waals surface area (Å²) in [6, 6.07) is 16.9. The lowest BCUT2D eigenvalue weighted by Gasteiger charge is -2.30. The van der Waals surface area contributed by atoms with Crippen LogP contribution >= 0.6 is 7.75 Å². The second-order valence-electron chi connectivity index (χ2n) is 9.72. The number of H-pyrrole nitrogens is 1. The molecular weight excluding hydrogens is 583 g/mol. The van der Waals surface area contributed by atoms with Crippen molar-refractivity contribution in [3.05, 3.63) is 110 Å². The highest BCUT2D eigenvalue weighted by Gasteiger charge is 2.55. The second kappa shape index (κ2) is 13.8. The van der Waals surface area contributed by atoms with Crippen LogP contribution in [0.15, 0.2) is 87.6 Å². The molecular formula is C27H31N6O9P. The van der Waals surface area contributed by atoms with Gasteiger partial charge in [-0.1, -0.05) is 67.5 Å². The molecule has 0 aliphatic carbocycles. The first-order chi connectivity index (χ1) is 20.6. The molecule has 0 spiro atoms. The molecule has 1 unspecified atom stereocenters. The third-order valence-corrected chi connectivity index (χ3v) is 8.26. The number of hydrogen-bond acceptors (Lipinski definition) is 10. The van der Waals surface area contributed by atoms with Crippen LogP contribution in [0.25, 0.3) is 10.4 Å². The fourth-order valence-electron chi connectivity index (χ4n) is 4.42. The second-order valence-corrected chi connectivity index (χ2v) is 11.4. The summed E-state index contributed by atoms with van der Waals surface area (Å²) in [5, 5.41) is 17.3. The maximum Gasteiger partial charge on any atom is 0.459 e. The molecule has 4 rings (SSSR count). The minimum absolute atomic E-state index is 0.0218. The number of aromatic amines is 1. The molecule has 0 radical (unpaired) electrons. The SMILES string of the molecule is CC[C@H](NP(=O)(OC[C@@]1(N=[N+]=[N-])O[C@@H](n2ccc(=O)[nH]c2=O)[C@@H](C)[C@@H]1O)Oc1ccccc1)C(=O)OCc1ccccc1. The van der Waals surface area contributed by atoms with Crippen molar-refractivity contribution in [2.75, 3.05) is 6.61 Å². The van der Waals surface area contributed by atoms with Crippen LogP contribution < -0.4 is 20.9 Å². The first-order valence-electron chi connectivity index (χ1n) is 13.3. The monoisotopic (exact) mass is 614 g/mol. The fraction of sp³-hybridized carbons (Fsp3) is 0.370. The number of hydrogen-bond donors (Lipinski definition) is 3. The van der Waals surface area contributed by atoms with E-state index in [-0.39, 0.29) is 18.8 Å². The molecule has 15 nitrogen and oxygen atoms in total. The Morgan fingerprint density at radius 2 is 1.88 bits per heavy atom. The first kappa shape index (κ1) is 31.7. The lowest BCUT2D eigenvalue weighted by atomic mass is 9.98. The summed E-state index contributed by atoms with van der Waals surface area (Å²) >= 11 is 0. The number of aromatic nitrogens is 2. The van der Waals surface area contributed by atoms with Gasteiger partial charge in [-0.25, -0.2) is 9.36 Å². The van der Waals surface area contributed by atoms with E-state index in [0.717, 1.165) is 16.2 Å². The largest absolute Gasteiger partial charge is 0.460 e. The van der Waals surface area contributed by atoms with Gasteiger partial charge in [-0.3, -0.25) is 23.7 Å². The molecule has 0 bridgehead atoms. The number of nitrogens with one attached hydrogen (secondary N) is 2. The minimum Gasteiger partial charge on any atom is -0.460 e. The Bertz CT molecular complexity index is 1610. The van der Waals surface area contributed by atoms with Gasteiger partial charge in [0.1, 0.15) is 24.6 Å². The van der Waals surface area contributed by atoms with Crippen LogP contribution in [0.4, 0.5) is 0 Å². The number of para-hydroxylation sites is 1. The number of azide groups is 1. The number of esters is 1. The summed E-state index contributed by atoms with van der Waals surface area (Å²) in [4.78, 5) is 41.8. The summed E-state index contributed by atoms with van der Waals surface area (Å²) < 4.78 is 37.8. The summed E-state index contributed by atoms with van der Waals surface area (Å²) in [5.74, 6) is -1.46. The van der Waals surface area contributed by atoms with Crippen LogP contribution in [0.3, 0.4) is 0 Å². The summed E-state index contributed by atoms with van der Waals surface area (Å²) in [6.07, 6.45) is -1.46. The Morgan fingerprint density at radius 1 is 1.21 bits per heavy atom. The third kappa shape index (κ3) is 7.59. The zero-order valence-electron chi connectivity index (χ0n) is 23.3. The molecule has 2 heterocycles. The highest BCUT2D eigenvalue weighted by atomic mass is 31.2. The average molecular weight is 615 g/mol. The molecule has 16 heteroatoms. The predicted molar refractivity (Wildman–Crippen MR) is 153 cm³/mol. The highest BCUT2D eigenvalue weighted by molar-refractivity contribution is 7.52. The molecule has 0 amide bonds. The molecule has 1 aliphatic heterocycles. The van der Waals surface area contributed by atoms with Gasteiger partial charge in [0.15, 0.2) is 5.72 Å². The maximum atomic E-state index is 14.1. The Kier molecular flexibility index (Phi) is 10.2. The van der Waals surface area contributed by atoms with E-state index in [1.54, 1.807) is 49.4 Å². The van der Waals surface area contributed by atoms with E-state index in [9.17, 15) is 29.6 Å². The lowest BCUT2D eigenvalue weighted by molar-refractivity contribution is -0.147. The molecule has 1 fully saturated rings. The van der Waals surface area contributed by atoms with E-state index < -0.39 is 61.6 Å². The average Bonchev–Trinajstić information content (AvgIpc) is 3.24. The standard InChI is InChI=1S/C27H31N6O9P/c1-3-21(25(36)39-16-19-10-6-4-7-11-19)30-43(38,42-20-12-8-5-9-13-20)40-17-27(31-32-28)23(35)18(2)24(41-27)33-15-14-22(34)29-26(33)37/h4-15,18,21,23-24,35H,3,16-17H2,1-2H3,(H,30,38)(H,29,34,37)/t18-,21-,23-,24+,27+,43?/m0/s1. The van der Waals surface area contributed by atoms with E-state index in [1.807, 2.05) is 6.07 Å². The zero-order valence-corrected chi connectivity index (χ0v) is 24.2. The number of aliphatic hydroxyl groups is 1. The third-order valence-electron chi connectivity index (χ3n) is 6.71. The number of carbonyl (C=O) groups excluding carboxylic acids is 1. The minimum atomic E-state index is -4.48. The molecule has 6 atom stereocenters. The Morgan fingerprint density at radius 3 is 2.51 bits per heavy atom. The van der Waals surface area contributed by atoms with Crippen molar-refractivity contribution in [2.45, 2.75) is 51.0 Å². The van der Waals surface area contributed by atoms with Crippen molar-refractivity contribution in [3.63, 3.8) is 0 Å². The number of nitrogens with zero attached hydrogens (tertiary/aromatic N) is 4. The number of aliphatic hydroxyl groups excluding tert-OH is 1. The lowest BCUT2D eigenvalue weighted by Crippen LogP contribution is -2.44. The Labute approximate surface area is 245 Å². The summed E-state index contributed by atoms with van der Waals surface area (Å²) in [7, 11) is -4.48. The topological polar surface area (TPSA) is 207 Å². The smallest absolute Gasteiger partial charge is 0.459 e. The number of rotatable bonds is 13. The van der Waals surface area contributed by atoms with Crippen LogP contribution in [-0.2, 0) is 30.0 Å². The first-order valence-corrected chi connectivity index (χ1v) is 14.8. The van der Waals surface area contributed by atoms with Gasteiger partial charge < -0.3 is 19.1 Å².